The van der Waals surface area contributed by atoms with Crippen LogP contribution in [-0.2, 0) is 9.53 Å². The number of carbonyl (C=O) groups is 1. The van der Waals surface area contributed by atoms with E-state index in [0.717, 1.165) is 5.56 Å². The van der Waals surface area contributed by atoms with Gasteiger partial charge in [0.15, 0.2) is 0 Å². The topological polar surface area (TPSA) is 35.5 Å². The van der Waals surface area contributed by atoms with Crippen molar-refractivity contribution in [3.05, 3.63) is 29.8 Å². The van der Waals surface area contributed by atoms with Crippen molar-refractivity contribution < 1.29 is 27.4 Å². The van der Waals surface area contributed by atoms with Gasteiger partial charge in [0.05, 0.1) is 13.0 Å². The van der Waals surface area contributed by atoms with E-state index in [0.29, 0.717) is 6.61 Å². The summed E-state index contributed by atoms with van der Waals surface area (Å²) >= 11 is 0. The second kappa shape index (κ2) is 6.45. The second-order valence-corrected chi connectivity index (χ2v) is 4.03. The quantitative estimate of drug-likeness (QED) is 0.770. The Morgan fingerprint density at radius 2 is 1.84 bits per heavy atom. The Morgan fingerprint density at radius 3 is 2.32 bits per heavy atom. The van der Waals surface area contributed by atoms with Crippen LogP contribution in [0.25, 0.3) is 0 Å². The van der Waals surface area contributed by atoms with E-state index in [1.807, 2.05) is 0 Å². The molecule has 1 aromatic carbocycles. The molecule has 0 N–H and O–H groups in total. The van der Waals surface area contributed by atoms with Crippen LogP contribution in [0.5, 0.6) is 5.75 Å². The number of carbonyl (C=O) groups excluding carboxylic acids is 1. The summed E-state index contributed by atoms with van der Waals surface area (Å²) in [5.41, 5.74) is 0.752. The highest BCUT2D eigenvalue weighted by atomic mass is 19.4. The lowest BCUT2D eigenvalue weighted by atomic mass is 9.98. The molecule has 0 aliphatic carbocycles. The molecular formula is C13H15F3O3. The lowest BCUT2D eigenvalue weighted by Crippen LogP contribution is -2.17. The first-order valence-electron chi connectivity index (χ1n) is 5.83. The van der Waals surface area contributed by atoms with Gasteiger partial charge in [-0.2, -0.15) is 0 Å². The normalized spacial score (nSPS) is 12.9. The minimum Gasteiger partial charge on any atom is -0.466 e. The molecule has 6 heteroatoms. The van der Waals surface area contributed by atoms with Gasteiger partial charge in [-0.25, -0.2) is 0 Å². The first-order chi connectivity index (χ1) is 8.81. The molecule has 0 bridgehead atoms. The van der Waals surface area contributed by atoms with E-state index < -0.39 is 6.36 Å². The van der Waals surface area contributed by atoms with Crippen LogP contribution in [0.1, 0.15) is 31.7 Å². The van der Waals surface area contributed by atoms with E-state index >= 15 is 0 Å². The molecule has 0 fully saturated rings. The summed E-state index contributed by atoms with van der Waals surface area (Å²) in [6.07, 6.45) is -4.51. The van der Waals surface area contributed by atoms with E-state index in [-0.39, 0.29) is 24.1 Å². The molecule has 0 radical (unpaired) electrons. The van der Waals surface area contributed by atoms with Crippen molar-refractivity contribution >= 4 is 5.97 Å². The average Bonchev–Trinajstić information content (AvgIpc) is 2.27. The van der Waals surface area contributed by atoms with Gasteiger partial charge in [0.2, 0.25) is 0 Å². The van der Waals surface area contributed by atoms with Crippen molar-refractivity contribution in [1.29, 1.82) is 0 Å². The fraction of sp³-hybridized carbons (Fsp3) is 0.462. The van der Waals surface area contributed by atoms with Gasteiger partial charge in [-0.1, -0.05) is 19.1 Å². The lowest BCUT2D eigenvalue weighted by molar-refractivity contribution is -0.274. The third-order valence-electron chi connectivity index (χ3n) is 2.46. The Balaban J connectivity index is 2.63. The summed E-state index contributed by atoms with van der Waals surface area (Å²) < 4.78 is 44.5. The average molecular weight is 276 g/mol. The summed E-state index contributed by atoms with van der Waals surface area (Å²) in [7, 11) is 0. The van der Waals surface area contributed by atoms with Crippen LogP contribution in [0.3, 0.4) is 0 Å². The van der Waals surface area contributed by atoms with Crippen molar-refractivity contribution in [2.75, 3.05) is 6.61 Å². The molecule has 0 saturated carbocycles. The fourth-order valence-electron chi connectivity index (χ4n) is 1.59. The number of hydrogen-bond acceptors (Lipinski definition) is 3. The smallest absolute Gasteiger partial charge is 0.466 e. The van der Waals surface area contributed by atoms with Crippen molar-refractivity contribution in [2.24, 2.45) is 0 Å². The van der Waals surface area contributed by atoms with Gasteiger partial charge in [0, 0.05) is 0 Å². The number of alkyl halides is 3. The van der Waals surface area contributed by atoms with Crippen LogP contribution >= 0.6 is 0 Å². The zero-order valence-corrected chi connectivity index (χ0v) is 10.7. The molecule has 1 aromatic rings. The first-order valence-corrected chi connectivity index (χ1v) is 5.83. The molecule has 0 heterocycles. The summed E-state index contributed by atoms with van der Waals surface area (Å²) in [5, 5.41) is 0. The minimum absolute atomic E-state index is 0.126. The maximum Gasteiger partial charge on any atom is 0.573 e. The van der Waals surface area contributed by atoms with Gasteiger partial charge < -0.3 is 9.47 Å². The van der Waals surface area contributed by atoms with Crippen LogP contribution in [0, 0.1) is 0 Å². The molecule has 19 heavy (non-hydrogen) atoms. The van der Waals surface area contributed by atoms with Crippen LogP contribution in [0.2, 0.25) is 0 Å². The lowest BCUT2D eigenvalue weighted by Gasteiger charge is -2.13. The zero-order valence-electron chi connectivity index (χ0n) is 10.7. The Kier molecular flexibility index (Phi) is 5.20. The maximum absolute atomic E-state index is 12.0. The molecule has 0 unspecified atom stereocenters. The van der Waals surface area contributed by atoms with Gasteiger partial charge in [0.1, 0.15) is 5.75 Å². The molecule has 0 aliphatic heterocycles. The number of esters is 1. The predicted octanol–water partition coefficient (Wildman–Crippen LogP) is 3.64. The van der Waals surface area contributed by atoms with Crippen LogP contribution in [0.4, 0.5) is 13.2 Å². The number of halogens is 3. The van der Waals surface area contributed by atoms with Crippen molar-refractivity contribution in [3.63, 3.8) is 0 Å². The van der Waals surface area contributed by atoms with E-state index in [1.54, 1.807) is 13.8 Å². The SMILES string of the molecule is CCOC(=O)C[C@@H](C)c1ccc(OC(F)(F)F)cc1. The molecule has 0 spiro atoms. The fourth-order valence-corrected chi connectivity index (χ4v) is 1.59. The van der Waals surface area contributed by atoms with Gasteiger partial charge in [-0.05, 0) is 30.5 Å². The van der Waals surface area contributed by atoms with Gasteiger partial charge in [-0.15, -0.1) is 13.2 Å². The zero-order chi connectivity index (χ0) is 14.5. The Bertz CT molecular complexity index is 412. The summed E-state index contributed by atoms with van der Waals surface area (Å²) in [6, 6.07) is 5.46. The minimum atomic E-state index is -4.70. The Morgan fingerprint density at radius 1 is 1.26 bits per heavy atom. The van der Waals surface area contributed by atoms with Crippen molar-refractivity contribution in [1.82, 2.24) is 0 Å². The molecular weight excluding hydrogens is 261 g/mol. The third-order valence-corrected chi connectivity index (χ3v) is 2.46. The molecule has 0 amide bonds. The number of hydrogen-bond donors (Lipinski definition) is 0. The van der Waals surface area contributed by atoms with Crippen molar-refractivity contribution in [3.8, 4) is 5.75 Å². The van der Waals surface area contributed by atoms with Crippen molar-refractivity contribution in [2.45, 2.75) is 32.5 Å². The highest BCUT2D eigenvalue weighted by molar-refractivity contribution is 5.70. The number of benzene rings is 1. The van der Waals surface area contributed by atoms with Gasteiger partial charge in [0.25, 0.3) is 0 Å². The monoisotopic (exact) mass is 276 g/mol. The Labute approximate surface area is 109 Å². The molecule has 106 valence electrons. The summed E-state index contributed by atoms with van der Waals surface area (Å²) in [6.45, 7) is 3.83. The molecule has 3 nitrogen and oxygen atoms in total. The highest BCUT2D eigenvalue weighted by Gasteiger charge is 2.31. The molecule has 1 rings (SSSR count). The maximum atomic E-state index is 12.0. The van der Waals surface area contributed by atoms with Crippen LogP contribution in [0.15, 0.2) is 24.3 Å². The predicted molar refractivity (Wildman–Crippen MR) is 62.8 cm³/mol. The van der Waals surface area contributed by atoms with Crippen LogP contribution < -0.4 is 4.74 Å². The standard InChI is InChI=1S/C13H15F3O3/c1-3-18-12(17)8-9(2)10-4-6-11(7-5-10)19-13(14,15)16/h4-7,9H,3,8H2,1-2H3/t9-/m1/s1. The summed E-state index contributed by atoms with van der Waals surface area (Å²) in [5.74, 6) is -0.732. The number of ether oxygens (including phenoxy) is 2. The molecule has 0 aliphatic rings. The second-order valence-electron chi connectivity index (χ2n) is 4.03. The molecule has 1 atom stereocenters. The highest BCUT2D eigenvalue weighted by Crippen LogP contribution is 2.26. The van der Waals surface area contributed by atoms with Gasteiger partial charge in [-0.3, -0.25) is 4.79 Å². The van der Waals surface area contributed by atoms with Crippen LogP contribution in [-0.4, -0.2) is 18.9 Å². The van der Waals surface area contributed by atoms with E-state index in [4.69, 9.17) is 4.74 Å². The molecule has 0 saturated heterocycles. The van der Waals surface area contributed by atoms with E-state index in [9.17, 15) is 18.0 Å². The number of rotatable bonds is 5. The Hall–Kier alpha value is -1.72. The largest absolute Gasteiger partial charge is 0.573 e. The van der Waals surface area contributed by atoms with E-state index in [2.05, 4.69) is 4.74 Å². The summed E-state index contributed by atoms with van der Waals surface area (Å²) in [4.78, 5) is 11.3. The van der Waals surface area contributed by atoms with E-state index in [1.165, 1.54) is 24.3 Å². The van der Waals surface area contributed by atoms with Gasteiger partial charge >= 0.3 is 12.3 Å². The first kappa shape index (κ1) is 15.3. The molecule has 0 aromatic heterocycles. The third kappa shape index (κ3) is 5.63.